The first-order valence-corrected chi connectivity index (χ1v) is 16.5. The lowest BCUT2D eigenvalue weighted by Crippen LogP contribution is -2.38. The van der Waals surface area contributed by atoms with Gasteiger partial charge in [-0.3, -0.25) is 9.79 Å². The molecule has 0 unspecified atom stereocenters. The lowest BCUT2D eigenvalue weighted by molar-refractivity contribution is -0.121. The van der Waals surface area contributed by atoms with Crippen LogP contribution in [0.3, 0.4) is 0 Å². The molecule has 0 aliphatic heterocycles. The number of hydrogen-bond acceptors (Lipinski definition) is 7. The summed E-state index contributed by atoms with van der Waals surface area (Å²) < 4.78 is 0. The van der Waals surface area contributed by atoms with Gasteiger partial charge in [0.2, 0.25) is 5.91 Å². The molecule has 0 spiro atoms. The van der Waals surface area contributed by atoms with Gasteiger partial charge in [0.1, 0.15) is 0 Å². The van der Waals surface area contributed by atoms with E-state index in [1.165, 1.54) is 83.5 Å². The average molecular weight is 570 g/mol. The van der Waals surface area contributed by atoms with Crippen molar-refractivity contribution >= 4 is 11.9 Å². The molecule has 0 aromatic rings. The minimum Gasteiger partial charge on any atom is -0.370 e. The zero-order chi connectivity index (χ0) is 29.2. The summed E-state index contributed by atoms with van der Waals surface area (Å²) in [5.74, 6) is 0.334. The lowest BCUT2D eigenvalue weighted by Gasteiger charge is -2.09. The summed E-state index contributed by atoms with van der Waals surface area (Å²) >= 11 is 0. The summed E-state index contributed by atoms with van der Waals surface area (Å²) in [4.78, 5) is 15.9. The Bertz CT molecular complexity index is 545. The van der Waals surface area contributed by atoms with Gasteiger partial charge in [-0.15, -0.1) is 0 Å². The number of aliphatic imine (C=N–C) groups is 1. The van der Waals surface area contributed by atoms with Gasteiger partial charge in [0.05, 0.1) is 6.54 Å². The Kier molecular flexibility index (Phi) is 32.5. The molecule has 0 saturated carbocycles. The van der Waals surface area contributed by atoms with Crippen LogP contribution in [0.4, 0.5) is 0 Å². The summed E-state index contributed by atoms with van der Waals surface area (Å²) in [7, 11) is 0. The van der Waals surface area contributed by atoms with Crippen molar-refractivity contribution in [3.63, 3.8) is 0 Å². The predicted octanol–water partition coefficient (Wildman–Crippen LogP) is 2.20. The van der Waals surface area contributed by atoms with E-state index >= 15 is 0 Å². The van der Waals surface area contributed by atoms with E-state index in [0.717, 1.165) is 71.9 Å². The molecule has 10 heteroatoms. The third-order valence-corrected chi connectivity index (χ3v) is 6.88. The molecule has 0 heterocycles. The first kappa shape index (κ1) is 38.5. The molecular weight excluding hydrogens is 502 g/mol. The molecular formula is C30H67N9O. The molecule has 40 heavy (non-hydrogen) atoms. The number of amides is 1. The van der Waals surface area contributed by atoms with Crippen molar-refractivity contribution < 1.29 is 4.79 Å². The summed E-state index contributed by atoms with van der Waals surface area (Å²) in [6.45, 7) is 12.7. The number of hydrogen-bond donors (Lipinski definition) is 8. The highest BCUT2D eigenvalue weighted by molar-refractivity contribution is 5.76. The van der Waals surface area contributed by atoms with Crippen LogP contribution in [0.25, 0.3) is 0 Å². The normalized spacial score (nSPS) is 11.1. The van der Waals surface area contributed by atoms with Crippen molar-refractivity contribution in [2.45, 2.75) is 103 Å². The van der Waals surface area contributed by atoms with E-state index in [9.17, 15) is 4.79 Å². The first-order valence-electron chi connectivity index (χ1n) is 16.5. The lowest BCUT2D eigenvalue weighted by atomic mass is 10.0. The molecule has 238 valence electrons. The van der Waals surface area contributed by atoms with Crippen LogP contribution in [-0.2, 0) is 4.79 Å². The maximum Gasteiger partial charge on any atom is 0.220 e. The molecule has 0 aromatic carbocycles. The van der Waals surface area contributed by atoms with Gasteiger partial charge in [-0.05, 0) is 6.42 Å². The van der Waals surface area contributed by atoms with E-state index in [1.807, 2.05) is 0 Å². The van der Waals surface area contributed by atoms with Crippen molar-refractivity contribution in [3.8, 4) is 0 Å². The molecule has 0 rings (SSSR count). The monoisotopic (exact) mass is 570 g/mol. The Hall–Kier alpha value is -1.46. The highest BCUT2D eigenvalue weighted by Gasteiger charge is 2.00. The van der Waals surface area contributed by atoms with E-state index in [0.29, 0.717) is 19.5 Å². The minimum absolute atomic E-state index is 0.141. The molecule has 0 aromatic heterocycles. The Balaban J connectivity index is 3.16. The number of rotatable bonds is 33. The quantitative estimate of drug-likeness (QED) is 0.0340. The Morgan fingerprint density at radius 3 is 1.25 bits per heavy atom. The third-order valence-electron chi connectivity index (χ3n) is 6.88. The van der Waals surface area contributed by atoms with Crippen LogP contribution in [0.15, 0.2) is 4.99 Å². The van der Waals surface area contributed by atoms with E-state index in [-0.39, 0.29) is 11.9 Å². The van der Waals surface area contributed by atoms with E-state index in [4.69, 9.17) is 11.5 Å². The number of carbonyl (C=O) groups is 1. The molecule has 0 aliphatic carbocycles. The maximum atomic E-state index is 12.0. The second kappa shape index (κ2) is 33.7. The molecule has 10 N–H and O–H groups in total. The fourth-order valence-corrected chi connectivity index (χ4v) is 4.45. The van der Waals surface area contributed by atoms with E-state index in [1.54, 1.807) is 0 Å². The van der Waals surface area contributed by atoms with Crippen molar-refractivity contribution in [1.29, 1.82) is 0 Å². The first-order chi connectivity index (χ1) is 19.7. The standard InChI is InChI=1S/C30H67N9O/c1-2-3-4-5-6-7-8-9-10-11-12-13-14-15-16-29(40)38-27-25-36-23-21-34-19-17-33-18-20-35-22-24-37-26-28-39-30(31)32/h33-37H,2-28H2,1H3,(H,38,40)(H4,31,32,39). The second-order valence-corrected chi connectivity index (χ2v) is 10.8. The van der Waals surface area contributed by atoms with Gasteiger partial charge in [-0.2, -0.15) is 0 Å². The average Bonchev–Trinajstić information content (AvgIpc) is 2.94. The second-order valence-electron chi connectivity index (χ2n) is 10.8. The summed E-state index contributed by atoms with van der Waals surface area (Å²) in [5.41, 5.74) is 10.6. The Morgan fingerprint density at radius 2 is 0.850 bits per heavy atom. The molecule has 0 radical (unpaired) electrons. The molecule has 1 amide bonds. The number of carbonyl (C=O) groups excluding carboxylic acids is 1. The molecule has 0 bridgehead atoms. The zero-order valence-electron chi connectivity index (χ0n) is 26.1. The van der Waals surface area contributed by atoms with E-state index in [2.05, 4.69) is 43.8 Å². The molecule has 10 nitrogen and oxygen atoms in total. The fourth-order valence-electron chi connectivity index (χ4n) is 4.45. The van der Waals surface area contributed by atoms with Gasteiger partial charge in [-0.1, -0.05) is 90.4 Å². The number of nitrogens with one attached hydrogen (secondary N) is 6. The zero-order valence-corrected chi connectivity index (χ0v) is 26.1. The SMILES string of the molecule is CCCCCCCCCCCCCCCCC(=O)NCCNCCNCCNCCNCCNCCN=C(N)N. The van der Waals surface area contributed by atoms with Crippen LogP contribution in [0.1, 0.15) is 103 Å². The van der Waals surface area contributed by atoms with Crippen LogP contribution in [0, 0.1) is 0 Å². The highest BCUT2D eigenvalue weighted by Crippen LogP contribution is 2.13. The van der Waals surface area contributed by atoms with Crippen molar-refractivity contribution in [2.24, 2.45) is 16.5 Å². The van der Waals surface area contributed by atoms with E-state index < -0.39 is 0 Å². The molecule has 0 aliphatic rings. The van der Waals surface area contributed by atoms with Gasteiger partial charge in [0, 0.05) is 78.4 Å². The summed E-state index contributed by atoms with van der Waals surface area (Å²) in [5, 5.41) is 19.9. The molecule has 0 fully saturated rings. The van der Waals surface area contributed by atoms with Crippen LogP contribution >= 0.6 is 0 Å². The van der Waals surface area contributed by atoms with Gasteiger partial charge >= 0.3 is 0 Å². The largest absolute Gasteiger partial charge is 0.370 e. The van der Waals surface area contributed by atoms with Crippen molar-refractivity contribution in [3.05, 3.63) is 0 Å². The summed E-state index contributed by atoms with van der Waals surface area (Å²) in [6, 6.07) is 0. The predicted molar refractivity (Wildman–Crippen MR) is 173 cm³/mol. The Labute approximate surface area is 246 Å². The topological polar surface area (TPSA) is 154 Å². The highest BCUT2D eigenvalue weighted by atomic mass is 16.1. The third kappa shape index (κ3) is 34.6. The fraction of sp³-hybridized carbons (Fsp3) is 0.933. The van der Waals surface area contributed by atoms with Crippen molar-refractivity contribution in [2.75, 3.05) is 78.5 Å². The van der Waals surface area contributed by atoms with Gasteiger partial charge in [0.25, 0.3) is 0 Å². The van der Waals surface area contributed by atoms with Crippen molar-refractivity contribution in [1.82, 2.24) is 31.9 Å². The number of nitrogens with zero attached hydrogens (tertiary/aromatic N) is 1. The van der Waals surface area contributed by atoms with Crippen LogP contribution in [0.5, 0.6) is 0 Å². The molecule has 0 atom stereocenters. The number of unbranched alkanes of at least 4 members (excludes halogenated alkanes) is 13. The minimum atomic E-state index is 0.141. The summed E-state index contributed by atoms with van der Waals surface area (Å²) in [6.07, 6.45) is 19.5. The van der Waals surface area contributed by atoms with Gasteiger partial charge in [-0.25, -0.2) is 0 Å². The maximum absolute atomic E-state index is 12.0. The van der Waals surface area contributed by atoms with Gasteiger partial charge in [0.15, 0.2) is 5.96 Å². The molecule has 0 saturated heterocycles. The number of guanidine groups is 1. The number of nitrogens with two attached hydrogens (primary N) is 2. The smallest absolute Gasteiger partial charge is 0.220 e. The Morgan fingerprint density at radius 1 is 0.500 bits per heavy atom. The van der Waals surface area contributed by atoms with Crippen LogP contribution in [0.2, 0.25) is 0 Å². The van der Waals surface area contributed by atoms with Crippen LogP contribution < -0.4 is 43.4 Å². The van der Waals surface area contributed by atoms with Crippen LogP contribution in [-0.4, -0.2) is 90.4 Å². The van der Waals surface area contributed by atoms with Gasteiger partial charge < -0.3 is 43.4 Å².